The first kappa shape index (κ1) is 24.7. The molecule has 0 spiro atoms. The lowest BCUT2D eigenvalue weighted by molar-refractivity contribution is -0.121. The molecular weight excluding hydrogens is 423 g/mol. The molecule has 2 unspecified atom stereocenters. The number of hydrogen-bond acceptors (Lipinski definition) is 6. The van der Waals surface area contributed by atoms with Crippen LogP contribution in [0.5, 0.6) is 11.5 Å². The molecule has 3 rings (SSSR count). The van der Waals surface area contributed by atoms with Crippen molar-refractivity contribution in [3.05, 3.63) is 53.3 Å². The third kappa shape index (κ3) is 6.09. The van der Waals surface area contributed by atoms with Gasteiger partial charge in [0.15, 0.2) is 11.6 Å². The van der Waals surface area contributed by atoms with Gasteiger partial charge in [0.2, 0.25) is 5.91 Å². The van der Waals surface area contributed by atoms with Crippen molar-refractivity contribution in [1.29, 1.82) is 0 Å². The van der Waals surface area contributed by atoms with Gasteiger partial charge in [0, 0.05) is 31.8 Å². The van der Waals surface area contributed by atoms with Crippen molar-refractivity contribution >= 4 is 17.3 Å². The number of nitrogens with zero attached hydrogens (tertiary/aromatic N) is 2. The zero-order chi connectivity index (χ0) is 24.0. The molecule has 33 heavy (non-hydrogen) atoms. The van der Waals surface area contributed by atoms with E-state index in [1.807, 2.05) is 44.1 Å². The summed E-state index contributed by atoms with van der Waals surface area (Å²) in [6.07, 6.45) is 0.412. The Hall–Kier alpha value is -2.97. The smallest absolute Gasteiger partial charge is 0.231 e. The van der Waals surface area contributed by atoms with E-state index in [2.05, 4.69) is 10.3 Å². The van der Waals surface area contributed by atoms with Gasteiger partial charge in [0.1, 0.15) is 19.0 Å². The standard InChI is InChI=1S/C25H33FN4O3/c1-16(28-2)20(14-27)17-8-9-22(23(13-17)32-11-10-30(3)4)29-25(31)19-12-18-6-5-7-21(26)24(18)33-15-19/h5-9,13,19-20H,10-12,14-15,27H2,1-4H3,(H,29,31)/b28-16-. The van der Waals surface area contributed by atoms with Crippen molar-refractivity contribution in [3.63, 3.8) is 0 Å². The molecule has 0 saturated heterocycles. The van der Waals surface area contributed by atoms with Crippen LogP contribution in [0.2, 0.25) is 0 Å². The van der Waals surface area contributed by atoms with Gasteiger partial charge < -0.3 is 25.4 Å². The Morgan fingerprint density at radius 3 is 2.85 bits per heavy atom. The highest BCUT2D eigenvalue weighted by Crippen LogP contribution is 2.33. The van der Waals surface area contributed by atoms with Gasteiger partial charge in [0.05, 0.1) is 11.6 Å². The van der Waals surface area contributed by atoms with Crippen LogP contribution in [0.3, 0.4) is 0 Å². The highest BCUT2D eigenvalue weighted by molar-refractivity contribution is 5.95. The number of nitrogens with one attached hydrogen (secondary N) is 1. The van der Waals surface area contributed by atoms with Gasteiger partial charge in [-0.25, -0.2) is 4.39 Å². The summed E-state index contributed by atoms with van der Waals surface area (Å²) in [7, 11) is 5.69. The molecule has 7 nitrogen and oxygen atoms in total. The maximum atomic E-state index is 13.9. The van der Waals surface area contributed by atoms with Gasteiger partial charge in [0.25, 0.3) is 0 Å². The Labute approximate surface area is 194 Å². The number of anilines is 1. The number of rotatable bonds is 9. The Bertz CT molecular complexity index is 1010. The minimum absolute atomic E-state index is 0.0332. The van der Waals surface area contributed by atoms with Crippen LogP contribution >= 0.6 is 0 Å². The zero-order valence-electron chi connectivity index (χ0n) is 19.7. The van der Waals surface area contributed by atoms with Gasteiger partial charge in [-0.15, -0.1) is 0 Å². The van der Waals surface area contributed by atoms with Crippen LogP contribution in [0.15, 0.2) is 41.4 Å². The fourth-order valence-electron chi connectivity index (χ4n) is 3.81. The molecule has 8 heteroatoms. The van der Waals surface area contributed by atoms with E-state index in [0.717, 1.165) is 17.8 Å². The third-order valence-corrected chi connectivity index (χ3v) is 5.87. The summed E-state index contributed by atoms with van der Waals surface area (Å²) in [4.78, 5) is 19.3. The van der Waals surface area contributed by atoms with Crippen molar-refractivity contribution in [3.8, 4) is 11.5 Å². The molecular formula is C25H33FN4O3. The average molecular weight is 457 g/mol. The fourth-order valence-corrected chi connectivity index (χ4v) is 3.81. The molecule has 178 valence electrons. The van der Waals surface area contributed by atoms with Crippen LogP contribution in [0.1, 0.15) is 24.0 Å². The lowest BCUT2D eigenvalue weighted by Crippen LogP contribution is -2.33. The number of carbonyl (C=O) groups excluding carboxylic acids is 1. The minimum Gasteiger partial charge on any atom is -0.490 e. The largest absolute Gasteiger partial charge is 0.490 e. The third-order valence-electron chi connectivity index (χ3n) is 5.87. The lowest BCUT2D eigenvalue weighted by atomic mass is 9.94. The first-order chi connectivity index (χ1) is 15.8. The number of hydrogen-bond donors (Lipinski definition) is 2. The predicted octanol–water partition coefficient (Wildman–Crippen LogP) is 3.09. The van der Waals surface area contributed by atoms with Crippen molar-refractivity contribution < 1.29 is 18.7 Å². The van der Waals surface area contributed by atoms with Crippen LogP contribution in [0, 0.1) is 11.7 Å². The molecule has 1 amide bonds. The summed E-state index contributed by atoms with van der Waals surface area (Å²) in [6, 6.07) is 10.5. The molecule has 2 atom stereocenters. The first-order valence-electron chi connectivity index (χ1n) is 11.1. The number of fused-ring (bicyclic) bond motifs is 1. The van der Waals surface area contributed by atoms with E-state index in [9.17, 15) is 9.18 Å². The topological polar surface area (TPSA) is 89.2 Å². The second-order valence-corrected chi connectivity index (χ2v) is 8.49. The van der Waals surface area contributed by atoms with E-state index in [-0.39, 0.29) is 24.2 Å². The van der Waals surface area contributed by atoms with Crippen molar-refractivity contribution in [1.82, 2.24) is 4.90 Å². The Morgan fingerprint density at radius 1 is 1.36 bits per heavy atom. The van der Waals surface area contributed by atoms with Crippen molar-refractivity contribution in [2.45, 2.75) is 19.3 Å². The highest BCUT2D eigenvalue weighted by atomic mass is 19.1. The zero-order valence-corrected chi connectivity index (χ0v) is 19.7. The summed E-state index contributed by atoms with van der Waals surface area (Å²) in [5.74, 6) is -0.253. The highest BCUT2D eigenvalue weighted by Gasteiger charge is 2.28. The Morgan fingerprint density at radius 2 is 2.15 bits per heavy atom. The van der Waals surface area contributed by atoms with Crippen LogP contribution < -0.4 is 20.5 Å². The second kappa shape index (κ2) is 11.2. The number of ether oxygens (including phenoxy) is 2. The summed E-state index contributed by atoms with van der Waals surface area (Å²) < 4.78 is 25.5. The minimum atomic E-state index is -0.431. The molecule has 0 radical (unpaired) electrons. The molecule has 0 aliphatic carbocycles. The van der Waals surface area contributed by atoms with Crippen molar-refractivity contribution in [2.24, 2.45) is 16.6 Å². The van der Waals surface area contributed by atoms with Gasteiger partial charge >= 0.3 is 0 Å². The summed E-state index contributed by atoms with van der Waals surface area (Å²) in [6.45, 7) is 3.68. The summed E-state index contributed by atoms with van der Waals surface area (Å²) >= 11 is 0. The van der Waals surface area contributed by atoms with Gasteiger partial charge in [-0.3, -0.25) is 9.79 Å². The Balaban J connectivity index is 1.80. The van der Waals surface area contributed by atoms with E-state index in [0.29, 0.717) is 36.6 Å². The van der Waals surface area contributed by atoms with Gasteiger partial charge in [-0.05, 0) is 56.8 Å². The molecule has 0 fully saturated rings. The average Bonchev–Trinajstić information content (AvgIpc) is 2.80. The van der Waals surface area contributed by atoms with E-state index >= 15 is 0 Å². The number of nitrogens with two attached hydrogens (primary N) is 1. The molecule has 0 aromatic heterocycles. The first-order valence-corrected chi connectivity index (χ1v) is 11.1. The molecule has 0 saturated carbocycles. The number of aliphatic imine (C=N–C) groups is 1. The normalized spacial score (nSPS) is 16.7. The second-order valence-electron chi connectivity index (χ2n) is 8.49. The molecule has 2 aromatic rings. The van der Waals surface area contributed by atoms with Crippen LogP contribution in [0.25, 0.3) is 0 Å². The van der Waals surface area contributed by atoms with Crippen molar-refractivity contribution in [2.75, 3.05) is 52.8 Å². The molecule has 1 heterocycles. The number of likely N-dealkylation sites (N-methyl/N-ethyl adjacent to an activating group) is 1. The fraction of sp³-hybridized carbons (Fsp3) is 0.440. The molecule has 1 aliphatic rings. The van der Waals surface area contributed by atoms with Crippen LogP contribution in [-0.2, 0) is 11.2 Å². The van der Waals surface area contributed by atoms with E-state index in [1.54, 1.807) is 19.2 Å². The van der Waals surface area contributed by atoms with Gasteiger partial charge in [-0.1, -0.05) is 18.2 Å². The number of amides is 1. The number of halogens is 1. The monoisotopic (exact) mass is 456 g/mol. The Kier molecular flexibility index (Phi) is 8.41. The van der Waals surface area contributed by atoms with Gasteiger partial charge in [-0.2, -0.15) is 0 Å². The summed E-state index contributed by atoms with van der Waals surface area (Å²) in [5, 5.41) is 2.98. The number of benzene rings is 2. The quantitative estimate of drug-likeness (QED) is 0.566. The SMILES string of the molecule is C/N=C(/C)C(CN)c1ccc(NC(=O)C2COc3c(F)cccc3C2)c(OCCN(C)C)c1. The number of para-hydroxylation sites is 1. The lowest BCUT2D eigenvalue weighted by Gasteiger charge is -2.25. The summed E-state index contributed by atoms with van der Waals surface area (Å²) in [5.41, 5.74) is 9.18. The molecule has 0 bridgehead atoms. The predicted molar refractivity (Wildman–Crippen MR) is 129 cm³/mol. The van der Waals surface area contributed by atoms with Crippen LogP contribution in [0.4, 0.5) is 10.1 Å². The number of carbonyl (C=O) groups is 1. The maximum Gasteiger partial charge on any atom is 0.231 e. The van der Waals surface area contributed by atoms with E-state index in [4.69, 9.17) is 15.2 Å². The van der Waals surface area contributed by atoms with E-state index < -0.39 is 11.7 Å². The van der Waals surface area contributed by atoms with Crippen LogP contribution in [-0.4, -0.2) is 64.0 Å². The molecule has 1 aliphatic heterocycles. The maximum absolute atomic E-state index is 13.9. The molecule has 3 N–H and O–H groups in total. The molecule has 2 aromatic carbocycles. The van der Waals surface area contributed by atoms with E-state index in [1.165, 1.54) is 6.07 Å².